The lowest BCUT2D eigenvalue weighted by Crippen LogP contribution is -2.02. The summed E-state index contributed by atoms with van der Waals surface area (Å²) in [5.74, 6) is 1.71. The summed E-state index contributed by atoms with van der Waals surface area (Å²) in [6, 6.07) is 4.18. The molecule has 14 heavy (non-hydrogen) atoms. The molecule has 1 aromatic rings. The van der Waals surface area contributed by atoms with Crippen LogP contribution >= 0.6 is 24.0 Å². The second kappa shape index (κ2) is 7.32. The summed E-state index contributed by atoms with van der Waals surface area (Å²) in [6.45, 7) is 3.89. The van der Waals surface area contributed by atoms with Crippen LogP contribution in [0.4, 0.5) is 0 Å². The maximum Gasteiger partial charge on any atom is 0.0809 e. The Kier molecular flexibility index (Phi) is 6.32. The van der Waals surface area contributed by atoms with Gasteiger partial charge in [-0.3, -0.25) is 0 Å². The van der Waals surface area contributed by atoms with E-state index in [-0.39, 0.29) is 0 Å². The Morgan fingerprint density at radius 2 is 2.36 bits per heavy atom. The third-order valence-electron chi connectivity index (χ3n) is 2.20. The van der Waals surface area contributed by atoms with Gasteiger partial charge in [0.1, 0.15) is 0 Å². The molecule has 0 amide bonds. The summed E-state index contributed by atoms with van der Waals surface area (Å²) in [4.78, 5) is 1.31. The van der Waals surface area contributed by atoms with Crippen LogP contribution < -0.4 is 0 Å². The number of thiol groups is 1. The molecule has 0 aliphatic carbocycles. The van der Waals surface area contributed by atoms with Gasteiger partial charge in [-0.15, -0.1) is 11.3 Å². The van der Waals surface area contributed by atoms with Crippen LogP contribution in [-0.2, 0) is 11.3 Å². The van der Waals surface area contributed by atoms with E-state index >= 15 is 0 Å². The molecule has 0 aliphatic rings. The van der Waals surface area contributed by atoms with Crippen molar-refractivity contribution in [3.8, 4) is 0 Å². The fourth-order valence-electron chi connectivity index (χ4n) is 1.22. The van der Waals surface area contributed by atoms with Crippen molar-refractivity contribution in [2.45, 2.75) is 26.4 Å². The highest BCUT2D eigenvalue weighted by Gasteiger charge is 2.00. The lowest BCUT2D eigenvalue weighted by Gasteiger charge is -2.09. The average Bonchev–Trinajstić information content (AvgIpc) is 2.65. The van der Waals surface area contributed by atoms with Gasteiger partial charge in [0, 0.05) is 11.5 Å². The van der Waals surface area contributed by atoms with Crippen molar-refractivity contribution in [1.82, 2.24) is 0 Å². The fraction of sp³-hybridized carbons (Fsp3) is 0.636. The molecule has 1 heterocycles. The van der Waals surface area contributed by atoms with Crippen molar-refractivity contribution in [1.29, 1.82) is 0 Å². The second-order valence-electron chi connectivity index (χ2n) is 3.54. The zero-order chi connectivity index (χ0) is 10.2. The van der Waals surface area contributed by atoms with E-state index in [1.54, 1.807) is 11.3 Å². The average molecular weight is 230 g/mol. The van der Waals surface area contributed by atoms with E-state index in [9.17, 15) is 0 Å². The molecular weight excluding hydrogens is 212 g/mol. The Labute approximate surface area is 95.9 Å². The molecule has 0 saturated carbocycles. The summed E-state index contributed by atoms with van der Waals surface area (Å²) in [5, 5.41) is 2.09. The number of hydrogen-bond acceptors (Lipinski definition) is 3. The number of rotatable bonds is 7. The molecular formula is C11H18OS2. The third kappa shape index (κ3) is 5.03. The van der Waals surface area contributed by atoms with Crippen molar-refractivity contribution in [3.63, 3.8) is 0 Å². The van der Waals surface area contributed by atoms with Crippen LogP contribution in [0.3, 0.4) is 0 Å². The van der Waals surface area contributed by atoms with Crippen molar-refractivity contribution in [2.24, 2.45) is 5.92 Å². The van der Waals surface area contributed by atoms with Gasteiger partial charge in [-0.1, -0.05) is 13.0 Å². The van der Waals surface area contributed by atoms with Gasteiger partial charge in [0.2, 0.25) is 0 Å². The molecule has 1 atom stereocenters. The first-order valence-electron chi connectivity index (χ1n) is 5.04. The Morgan fingerprint density at radius 3 is 3.00 bits per heavy atom. The maximum atomic E-state index is 5.58. The van der Waals surface area contributed by atoms with Crippen LogP contribution in [0.5, 0.6) is 0 Å². The Balaban J connectivity index is 1.99. The Hall–Kier alpha value is 0.01000. The monoisotopic (exact) mass is 230 g/mol. The second-order valence-corrected chi connectivity index (χ2v) is 5.02. The van der Waals surface area contributed by atoms with Crippen LogP contribution in [0.25, 0.3) is 0 Å². The maximum absolute atomic E-state index is 5.58. The molecule has 1 unspecified atom stereocenters. The van der Waals surface area contributed by atoms with Gasteiger partial charge in [-0.2, -0.15) is 12.6 Å². The van der Waals surface area contributed by atoms with E-state index in [1.165, 1.54) is 11.3 Å². The Morgan fingerprint density at radius 1 is 1.50 bits per heavy atom. The van der Waals surface area contributed by atoms with Crippen LogP contribution in [0.15, 0.2) is 17.5 Å². The predicted molar refractivity (Wildman–Crippen MR) is 66.2 cm³/mol. The predicted octanol–water partition coefficient (Wildman–Crippen LogP) is 3.61. The van der Waals surface area contributed by atoms with Crippen molar-refractivity contribution in [3.05, 3.63) is 22.4 Å². The number of thiophene rings is 1. The minimum absolute atomic E-state index is 0.732. The largest absolute Gasteiger partial charge is 0.376 e. The van der Waals surface area contributed by atoms with Crippen molar-refractivity contribution >= 4 is 24.0 Å². The van der Waals surface area contributed by atoms with Gasteiger partial charge in [0.15, 0.2) is 0 Å². The van der Waals surface area contributed by atoms with E-state index in [2.05, 4.69) is 37.1 Å². The lowest BCUT2D eigenvalue weighted by molar-refractivity contribution is 0.110. The van der Waals surface area contributed by atoms with Gasteiger partial charge in [-0.25, -0.2) is 0 Å². The topological polar surface area (TPSA) is 9.23 Å². The smallest absolute Gasteiger partial charge is 0.0809 e. The molecule has 0 aromatic carbocycles. The van der Waals surface area contributed by atoms with Gasteiger partial charge in [-0.05, 0) is 36.0 Å². The highest BCUT2D eigenvalue weighted by atomic mass is 32.1. The van der Waals surface area contributed by atoms with E-state index in [1.807, 2.05) is 0 Å². The molecule has 0 N–H and O–H groups in total. The third-order valence-corrected chi connectivity index (χ3v) is 3.31. The molecule has 0 saturated heterocycles. The van der Waals surface area contributed by atoms with Gasteiger partial charge in [0.25, 0.3) is 0 Å². The summed E-state index contributed by atoms with van der Waals surface area (Å²) in [6.07, 6.45) is 2.33. The molecule has 0 fully saturated rings. The fourth-order valence-corrected chi connectivity index (χ4v) is 2.30. The number of hydrogen-bond donors (Lipinski definition) is 1. The van der Waals surface area contributed by atoms with Gasteiger partial charge >= 0.3 is 0 Å². The minimum atomic E-state index is 0.732. The minimum Gasteiger partial charge on any atom is -0.376 e. The van der Waals surface area contributed by atoms with E-state index in [4.69, 9.17) is 4.74 Å². The molecule has 80 valence electrons. The normalized spacial score (nSPS) is 13.0. The number of ether oxygens (including phenoxy) is 1. The van der Waals surface area contributed by atoms with E-state index < -0.39 is 0 Å². The molecule has 0 radical (unpaired) electrons. The molecule has 0 spiro atoms. The van der Waals surface area contributed by atoms with E-state index in [0.29, 0.717) is 0 Å². The van der Waals surface area contributed by atoms with Crippen LogP contribution in [-0.4, -0.2) is 12.4 Å². The molecule has 1 nitrogen and oxygen atoms in total. The summed E-state index contributed by atoms with van der Waals surface area (Å²) in [5.41, 5.74) is 0. The van der Waals surface area contributed by atoms with E-state index in [0.717, 1.165) is 31.3 Å². The van der Waals surface area contributed by atoms with Gasteiger partial charge in [0.05, 0.1) is 6.61 Å². The highest BCUT2D eigenvalue weighted by Crippen LogP contribution is 2.12. The first-order chi connectivity index (χ1) is 6.83. The molecule has 0 aliphatic heterocycles. The van der Waals surface area contributed by atoms with Crippen LogP contribution in [0, 0.1) is 5.92 Å². The first kappa shape index (κ1) is 12.1. The molecule has 1 aromatic heterocycles. The zero-order valence-electron chi connectivity index (χ0n) is 8.61. The SMILES string of the molecule is CC(CCS)CCOCc1cccs1. The standard InChI is InChI=1S/C11H18OS2/c1-10(5-7-13)4-6-12-9-11-3-2-8-14-11/h2-3,8,10,13H,4-7,9H2,1H3. The van der Waals surface area contributed by atoms with Gasteiger partial charge < -0.3 is 4.74 Å². The summed E-state index contributed by atoms with van der Waals surface area (Å²) in [7, 11) is 0. The molecule has 1 rings (SSSR count). The van der Waals surface area contributed by atoms with Crippen molar-refractivity contribution < 1.29 is 4.74 Å². The molecule has 0 bridgehead atoms. The first-order valence-corrected chi connectivity index (χ1v) is 6.55. The Bertz CT molecular complexity index is 221. The quantitative estimate of drug-likeness (QED) is 0.556. The zero-order valence-corrected chi connectivity index (χ0v) is 10.3. The summed E-state index contributed by atoms with van der Waals surface area (Å²) >= 11 is 5.97. The highest BCUT2D eigenvalue weighted by molar-refractivity contribution is 7.80. The lowest BCUT2D eigenvalue weighted by atomic mass is 10.1. The van der Waals surface area contributed by atoms with Crippen molar-refractivity contribution in [2.75, 3.05) is 12.4 Å². The van der Waals surface area contributed by atoms with Crippen LogP contribution in [0.1, 0.15) is 24.6 Å². The van der Waals surface area contributed by atoms with Crippen LogP contribution in [0.2, 0.25) is 0 Å². The summed E-state index contributed by atoms with van der Waals surface area (Å²) < 4.78 is 5.58. The molecule has 3 heteroatoms.